The van der Waals surface area contributed by atoms with Crippen molar-refractivity contribution in [1.82, 2.24) is 5.32 Å². The molecule has 0 saturated carbocycles. The Morgan fingerprint density at radius 2 is 1.83 bits per heavy atom. The van der Waals surface area contributed by atoms with Gasteiger partial charge in [0, 0.05) is 0 Å². The zero-order chi connectivity index (χ0) is 13.1. The van der Waals surface area contributed by atoms with E-state index in [4.69, 9.17) is 18.9 Å². The highest BCUT2D eigenvalue weighted by atomic mass is 16.8. The molecule has 0 aromatic rings. The first-order chi connectivity index (χ1) is 8.27. The molecule has 3 heterocycles. The molecule has 0 bridgehead atoms. The summed E-state index contributed by atoms with van der Waals surface area (Å²) < 4.78 is 22.7. The normalized spacial score (nSPS) is 45.0. The minimum Gasteiger partial charge on any atom is -0.348 e. The third kappa shape index (κ3) is 1.93. The topological polar surface area (TPSA) is 66.0 Å². The third-order valence-electron chi connectivity index (χ3n) is 3.48. The van der Waals surface area contributed by atoms with Gasteiger partial charge in [-0.25, -0.2) is 0 Å². The summed E-state index contributed by atoms with van der Waals surface area (Å²) in [4.78, 5) is 11.9. The molecule has 3 fully saturated rings. The third-order valence-corrected chi connectivity index (χ3v) is 3.48. The van der Waals surface area contributed by atoms with Crippen LogP contribution in [0.4, 0.5) is 0 Å². The standard InChI is InChI=1S/C12H19NO5/c1-11(2)15-5-6(16-11)7-8-9(10(14)13-7)18-12(3,4)17-8/h6-9H,5H2,1-4H3,(H,13,14)/t6-,7+,8+,9+/m1/s1. The van der Waals surface area contributed by atoms with Crippen molar-refractivity contribution in [3.8, 4) is 0 Å². The highest BCUT2D eigenvalue weighted by Gasteiger charge is 2.57. The molecule has 0 radical (unpaired) electrons. The van der Waals surface area contributed by atoms with Crippen molar-refractivity contribution in [3.05, 3.63) is 0 Å². The van der Waals surface area contributed by atoms with E-state index in [1.807, 2.05) is 27.7 Å². The van der Waals surface area contributed by atoms with E-state index >= 15 is 0 Å². The molecule has 3 rings (SSSR count). The van der Waals surface area contributed by atoms with E-state index < -0.39 is 17.7 Å². The van der Waals surface area contributed by atoms with Gasteiger partial charge < -0.3 is 24.3 Å². The van der Waals surface area contributed by atoms with Crippen molar-refractivity contribution in [1.29, 1.82) is 0 Å². The van der Waals surface area contributed by atoms with Crippen LogP contribution in [0, 0.1) is 0 Å². The zero-order valence-electron chi connectivity index (χ0n) is 11.1. The number of carbonyl (C=O) groups is 1. The van der Waals surface area contributed by atoms with Crippen molar-refractivity contribution in [2.24, 2.45) is 0 Å². The van der Waals surface area contributed by atoms with Crippen LogP contribution >= 0.6 is 0 Å². The first-order valence-electron chi connectivity index (χ1n) is 6.25. The van der Waals surface area contributed by atoms with Crippen LogP contribution in [0.25, 0.3) is 0 Å². The van der Waals surface area contributed by atoms with Crippen LogP contribution in [0.15, 0.2) is 0 Å². The SMILES string of the molecule is CC1(C)O[C@H]2[C@H]([C@H]3COC(C)(C)O3)NC(=O)[C@H]2O1. The Morgan fingerprint density at radius 3 is 2.44 bits per heavy atom. The van der Waals surface area contributed by atoms with E-state index in [1.54, 1.807) is 0 Å². The van der Waals surface area contributed by atoms with Crippen LogP contribution in [0.1, 0.15) is 27.7 Å². The Morgan fingerprint density at radius 1 is 1.11 bits per heavy atom. The van der Waals surface area contributed by atoms with Crippen LogP contribution in [0.2, 0.25) is 0 Å². The number of fused-ring (bicyclic) bond motifs is 1. The Labute approximate surface area is 106 Å². The van der Waals surface area contributed by atoms with E-state index in [0.29, 0.717) is 6.61 Å². The fourth-order valence-corrected chi connectivity index (χ4v) is 2.78. The summed E-state index contributed by atoms with van der Waals surface area (Å²) in [6.45, 7) is 7.79. The maximum atomic E-state index is 11.9. The van der Waals surface area contributed by atoms with E-state index in [-0.39, 0.29) is 24.2 Å². The minimum atomic E-state index is -0.722. The van der Waals surface area contributed by atoms with Gasteiger partial charge in [0.05, 0.1) is 12.6 Å². The van der Waals surface area contributed by atoms with Gasteiger partial charge in [0.2, 0.25) is 0 Å². The number of hydrogen-bond acceptors (Lipinski definition) is 5. The van der Waals surface area contributed by atoms with Gasteiger partial charge in [-0.15, -0.1) is 0 Å². The van der Waals surface area contributed by atoms with E-state index in [0.717, 1.165) is 0 Å². The van der Waals surface area contributed by atoms with Crippen molar-refractivity contribution >= 4 is 5.91 Å². The van der Waals surface area contributed by atoms with E-state index in [2.05, 4.69) is 5.32 Å². The second-order valence-corrected chi connectivity index (χ2v) is 5.92. The summed E-state index contributed by atoms with van der Waals surface area (Å²) in [6.07, 6.45) is -1.05. The lowest BCUT2D eigenvalue weighted by Crippen LogP contribution is -2.46. The second kappa shape index (κ2) is 3.66. The van der Waals surface area contributed by atoms with Crippen molar-refractivity contribution in [3.63, 3.8) is 0 Å². The summed E-state index contributed by atoms with van der Waals surface area (Å²) in [5.41, 5.74) is 0. The number of rotatable bonds is 1. The van der Waals surface area contributed by atoms with Gasteiger partial charge in [-0.2, -0.15) is 0 Å². The largest absolute Gasteiger partial charge is 0.348 e. The Hall–Kier alpha value is -0.690. The molecule has 18 heavy (non-hydrogen) atoms. The van der Waals surface area contributed by atoms with Crippen LogP contribution in [-0.4, -0.2) is 48.4 Å². The fraction of sp³-hybridized carbons (Fsp3) is 0.917. The van der Waals surface area contributed by atoms with Gasteiger partial charge in [0.1, 0.15) is 12.2 Å². The zero-order valence-corrected chi connectivity index (χ0v) is 11.1. The summed E-state index contributed by atoms with van der Waals surface area (Å²) >= 11 is 0. The first kappa shape index (κ1) is 12.3. The smallest absolute Gasteiger partial charge is 0.252 e. The Balaban J connectivity index is 1.77. The van der Waals surface area contributed by atoms with Crippen LogP contribution in [-0.2, 0) is 23.7 Å². The number of hydrogen-bond donors (Lipinski definition) is 1. The van der Waals surface area contributed by atoms with Gasteiger partial charge in [-0.1, -0.05) is 0 Å². The monoisotopic (exact) mass is 257 g/mol. The Bertz CT molecular complexity index is 381. The molecule has 1 amide bonds. The number of carbonyl (C=O) groups excluding carboxylic acids is 1. The molecular formula is C12H19NO5. The summed E-state index contributed by atoms with van der Waals surface area (Å²) in [6, 6.07) is -0.217. The average molecular weight is 257 g/mol. The van der Waals surface area contributed by atoms with E-state index in [1.165, 1.54) is 0 Å². The average Bonchev–Trinajstić information content (AvgIpc) is 2.81. The van der Waals surface area contributed by atoms with Crippen molar-refractivity contribution in [2.45, 2.75) is 63.6 Å². The molecule has 6 nitrogen and oxygen atoms in total. The highest BCUT2D eigenvalue weighted by molar-refractivity contribution is 5.85. The van der Waals surface area contributed by atoms with Gasteiger partial charge in [-0.05, 0) is 27.7 Å². The number of amides is 1. The van der Waals surface area contributed by atoms with Gasteiger partial charge in [0.15, 0.2) is 17.7 Å². The van der Waals surface area contributed by atoms with Crippen LogP contribution < -0.4 is 5.32 Å². The molecule has 1 N–H and O–H groups in total. The number of ether oxygens (including phenoxy) is 4. The van der Waals surface area contributed by atoms with Gasteiger partial charge in [-0.3, -0.25) is 4.79 Å². The molecule has 0 aliphatic carbocycles. The second-order valence-electron chi connectivity index (χ2n) is 5.92. The summed E-state index contributed by atoms with van der Waals surface area (Å²) in [5.74, 6) is -1.47. The molecule has 0 spiro atoms. The maximum absolute atomic E-state index is 11.9. The number of nitrogens with one attached hydrogen (secondary N) is 1. The van der Waals surface area contributed by atoms with Crippen molar-refractivity contribution < 1.29 is 23.7 Å². The molecule has 0 aromatic carbocycles. The lowest BCUT2D eigenvalue weighted by Gasteiger charge is -2.26. The van der Waals surface area contributed by atoms with Crippen LogP contribution in [0.5, 0.6) is 0 Å². The lowest BCUT2D eigenvalue weighted by atomic mass is 10.1. The first-order valence-corrected chi connectivity index (χ1v) is 6.25. The van der Waals surface area contributed by atoms with Crippen LogP contribution in [0.3, 0.4) is 0 Å². The highest BCUT2D eigenvalue weighted by Crippen LogP contribution is 2.37. The lowest BCUT2D eigenvalue weighted by molar-refractivity contribution is -0.170. The molecular weight excluding hydrogens is 238 g/mol. The van der Waals surface area contributed by atoms with Gasteiger partial charge in [0.25, 0.3) is 5.91 Å². The molecule has 3 aliphatic rings. The molecule has 3 aliphatic heterocycles. The molecule has 0 aromatic heterocycles. The van der Waals surface area contributed by atoms with Gasteiger partial charge >= 0.3 is 0 Å². The predicted molar refractivity (Wildman–Crippen MR) is 60.7 cm³/mol. The fourth-order valence-electron chi connectivity index (χ4n) is 2.78. The molecule has 6 heteroatoms. The van der Waals surface area contributed by atoms with E-state index in [9.17, 15) is 4.79 Å². The molecule has 102 valence electrons. The summed E-state index contributed by atoms with van der Waals surface area (Å²) in [5, 5.41) is 2.88. The van der Waals surface area contributed by atoms with Crippen molar-refractivity contribution in [2.75, 3.05) is 6.61 Å². The minimum absolute atomic E-state index is 0.135. The molecule has 4 atom stereocenters. The molecule has 3 saturated heterocycles. The predicted octanol–water partition coefficient (Wildman–Crippen LogP) is 0.156. The Kier molecular flexibility index (Phi) is 2.51. The maximum Gasteiger partial charge on any atom is 0.252 e. The summed E-state index contributed by atoms with van der Waals surface area (Å²) in [7, 11) is 0. The molecule has 0 unspecified atom stereocenters. The quantitative estimate of drug-likeness (QED) is 0.724.